The Labute approximate surface area is 131 Å². The second kappa shape index (κ2) is 6.52. The lowest BCUT2D eigenvalue weighted by molar-refractivity contribution is 0.145. The van der Waals surface area contributed by atoms with Crippen LogP contribution < -0.4 is 4.90 Å². The summed E-state index contributed by atoms with van der Waals surface area (Å²) in [6.45, 7) is 2.72. The predicted octanol–water partition coefficient (Wildman–Crippen LogP) is 1.22. The summed E-state index contributed by atoms with van der Waals surface area (Å²) in [6, 6.07) is 3.42. The molecule has 0 amide bonds. The maximum atomic E-state index is 12.6. The number of pyridine rings is 1. The lowest BCUT2D eigenvalue weighted by Gasteiger charge is -2.30. The van der Waals surface area contributed by atoms with Crippen LogP contribution in [0.3, 0.4) is 0 Å². The second-order valence-corrected chi connectivity index (χ2v) is 7.97. The maximum Gasteiger partial charge on any atom is 0.244 e. The zero-order chi connectivity index (χ0) is 15.6. The van der Waals surface area contributed by atoms with E-state index in [1.54, 1.807) is 16.4 Å². The van der Waals surface area contributed by atoms with Gasteiger partial charge in [-0.15, -0.1) is 0 Å². The summed E-state index contributed by atoms with van der Waals surface area (Å²) in [4.78, 5) is 6.69. The minimum atomic E-state index is -3.41. The molecule has 2 saturated heterocycles. The largest absolute Gasteiger partial charge is 0.393 e. The average Bonchev–Trinajstić information content (AvgIpc) is 2.56. The number of anilines is 1. The molecular formula is C15H23N3O3S. The molecule has 0 saturated carbocycles. The summed E-state index contributed by atoms with van der Waals surface area (Å²) in [6.07, 6.45) is 5.66. The molecule has 0 atom stereocenters. The third-order valence-electron chi connectivity index (χ3n) is 4.46. The molecule has 3 rings (SSSR count). The van der Waals surface area contributed by atoms with Gasteiger partial charge in [0.1, 0.15) is 10.7 Å². The Balaban J connectivity index is 1.73. The summed E-state index contributed by atoms with van der Waals surface area (Å²) in [7, 11) is -3.41. The quantitative estimate of drug-likeness (QED) is 0.904. The normalized spacial score (nSPS) is 22.0. The molecule has 122 valence electrons. The van der Waals surface area contributed by atoms with Crippen molar-refractivity contribution in [2.24, 2.45) is 0 Å². The lowest BCUT2D eigenvalue weighted by Crippen LogP contribution is -2.37. The van der Waals surface area contributed by atoms with E-state index in [-0.39, 0.29) is 11.0 Å². The van der Waals surface area contributed by atoms with E-state index in [0.717, 1.165) is 51.0 Å². The minimum Gasteiger partial charge on any atom is -0.393 e. The predicted molar refractivity (Wildman–Crippen MR) is 84.3 cm³/mol. The first-order valence-corrected chi connectivity index (χ1v) is 9.40. The third kappa shape index (κ3) is 3.26. The molecule has 0 spiro atoms. The van der Waals surface area contributed by atoms with E-state index < -0.39 is 10.0 Å². The Morgan fingerprint density at radius 1 is 1.05 bits per heavy atom. The van der Waals surface area contributed by atoms with Crippen LogP contribution in [0.2, 0.25) is 0 Å². The van der Waals surface area contributed by atoms with Crippen LogP contribution in [0.5, 0.6) is 0 Å². The topological polar surface area (TPSA) is 73.7 Å². The Bertz CT molecular complexity index is 589. The van der Waals surface area contributed by atoms with E-state index in [0.29, 0.717) is 13.1 Å². The molecule has 0 unspecified atom stereocenters. The van der Waals surface area contributed by atoms with Gasteiger partial charge < -0.3 is 10.0 Å². The fourth-order valence-electron chi connectivity index (χ4n) is 3.06. The number of hydrogen-bond acceptors (Lipinski definition) is 5. The van der Waals surface area contributed by atoms with Crippen LogP contribution in [0.4, 0.5) is 5.82 Å². The molecule has 2 aliphatic rings. The molecular weight excluding hydrogens is 302 g/mol. The number of nitrogens with zero attached hydrogens (tertiary/aromatic N) is 3. The Hall–Kier alpha value is -1.18. The highest BCUT2D eigenvalue weighted by Gasteiger charge is 2.26. The molecule has 0 bridgehead atoms. The number of rotatable bonds is 3. The summed E-state index contributed by atoms with van der Waals surface area (Å²) in [5.41, 5.74) is 0. The number of aliphatic hydroxyl groups is 1. The molecule has 0 aromatic carbocycles. The molecule has 0 radical (unpaired) electrons. The van der Waals surface area contributed by atoms with E-state index in [1.807, 2.05) is 0 Å². The number of piperidine rings is 2. The van der Waals surface area contributed by atoms with Gasteiger partial charge in [-0.25, -0.2) is 13.4 Å². The summed E-state index contributed by atoms with van der Waals surface area (Å²) < 4.78 is 26.7. The number of aromatic nitrogens is 1. The highest BCUT2D eigenvalue weighted by molar-refractivity contribution is 7.89. The van der Waals surface area contributed by atoms with Crippen LogP contribution >= 0.6 is 0 Å². The maximum absolute atomic E-state index is 12.6. The Kier molecular flexibility index (Phi) is 4.65. The molecule has 2 aliphatic heterocycles. The monoisotopic (exact) mass is 325 g/mol. The van der Waals surface area contributed by atoms with Gasteiger partial charge in [0.2, 0.25) is 10.0 Å². The fraction of sp³-hybridized carbons (Fsp3) is 0.667. The Morgan fingerprint density at radius 2 is 1.73 bits per heavy atom. The molecule has 6 nitrogen and oxygen atoms in total. The fourth-order valence-corrected chi connectivity index (χ4v) is 4.52. The van der Waals surface area contributed by atoms with Crippen molar-refractivity contribution >= 4 is 15.8 Å². The van der Waals surface area contributed by atoms with Crippen molar-refractivity contribution in [1.82, 2.24) is 9.29 Å². The first-order valence-electron chi connectivity index (χ1n) is 7.96. The molecule has 1 N–H and O–H groups in total. The SMILES string of the molecule is O=S(=O)(c1ccc(N2CCC(O)CC2)nc1)N1CCCCC1. The zero-order valence-electron chi connectivity index (χ0n) is 12.7. The lowest BCUT2D eigenvalue weighted by atomic mass is 10.1. The van der Waals surface area contributed by atoms with Crippen molar-refractivity contribution < 1.29 is 13.5 Å². The highest BCUT2D eigenvalue weighted by Crippen LogP contribution is 2.23. The third-order valence-corrected chi connectivity index (χ3v) is 6.34. The van der Waals surface area contributed by atoms with E-state index in [9.17, 15) is 13.5 Å². The van der Waals surface area contributed by atoms with Crippen LogP contribution in [-0.2, 0) is 10.0 Å². The van der Waals surface area contributed by atoms with Gasteiger partial charge in [0, 0.05) is 32.4 Å². The van der Waals surface area contributed by atoms with Gasteiger partial charge in [-0.05, 0) is 37.8 Å². The van der Waals surface area contributed by atoms with Crippen LogP contribution in [0.25, 0.3) is 0 Å². The zero-order valence-corrected chi connectivity index (χ0v) is 13.5. The smallest absolute Gasteiger partial charge is 0.244 e. The van der Waals surface area contributed by atoms with Crippen molar-refractivity contribution in [1.29, 1.82) is 0 Å². The number of hydrogen-bond donors (Lipinski definition) is 1. The molecule has 7 heteroatoms. The van der Waals surface area contributed by atoms with Crippen LogP contribution in [-0.4, -0.2) is 55.1 Å². The number of aliphatic hydroxyl groups excluding tert-OH is 1. The van der Waals surface area contributed by atoms with Crippen molar-refractivity contribution in [3.63, 3.8) is 0 Å². The van der Waals surface area contributed by atoms with E-state index >= 15 is 0 Å². The average molecular weight is 325 g/mol. The van der Waals surface area contributed by atoms with Gasteiger partial charge in [0.05, 0.1) is 6.10 Å². The molecule has 2 fully saturated rings. The van der Waals surface area contributed by atoms with Crippen LogP contribution in [0.1, 0.15) is 32.1 Å². The Morgan fingerprint density at radius 3 is 2.32 bits per heavy atom. The van der Waals surface area contributed by atoms with E-state index in [1.165, 1.54) is 6.20 Å². The minimum absolute atomic E-state index is 0.227. The van der Waals surface area contributed by atoms with Gasteiger partial charge in [0.15, 0.2) is 0 Å². The van der Waals surface area contributed by atoms with Crippen LogP contribution in [0.15, 0.2) is 23.2 Å². The standard InChI is InChI=1S/C15H23N3O3S/c19-13-6-10-17(11-7-13)15-5-4-14(12-16-15)22(20,21)18-8-2-1-3-9-18/h4-5,12-13,19H,1-3,6-11H2. The summed E-state index contributed by atoms with van der Waals surface area (Å²) >= 11 is 0. The van der Waals surface area contributed by atoms with Crippen molar-refractivity contribution in [2.75, 3.05) is 31.1 Å². The van der Waals surface area contributed by atoms with Crippen molar-refractivity contribution in [3.8, 4) is 0 Å². The molecule has 3 heterocycles. The molecule has 1 aromatic rings. The highest BCUT2D eigenvalue weighted by atomic mass is 32.2. The van der Waals surface area contributed by atoms with Gasteiger partial charge in [-0.3, -0.25) is 0 Å². The molecule has 1 aromatic heterocycles. The van der Waals surface area contributed by atoms with Gasteiger partial charge in [-0.2, -0.15) is 4.31 Å². The summed E-state index contributed by atoms with van der Waals surface area (Å²) in [5.74, 6) is 0.782. The van der Waals surface area contributed by atoms with Gasteiger partial charge in [0.25, 0.3) is 0 Å². The van der Waals surface area contributed by atoms with Crippen molar-refractivity contribution in [2.45, 2.75) is 43.1 Å². The van der Waals surface area contributed by atoms with Crippen LogP contribution in [0, 0.1) is 0 Å². The first-order chi connectivity index (χ1) is 10.6. The molecule has 0 aliphatic carbocycles. The number of sulfonamides is 1. The second-order valence-electron chi connectivity index (χ2n) is 6.04. The molecule has 22 heavy (non-hydrogen) atoms. The summed E-state index contributed by atoms with van der Waals surface area (Å²) in [5, 5.41) is 9.54. The van der Waals surface area contributed by atoms with Crippen molar-refractivity contribution in [3.05, 3.63) is 18.3 Å². The first kappa shape index (κ1) is 15.7. The van der Waals surface area contributed by atoms with Gasteiger partial charge >= 0.3 is 0 Å². The van der Waals surface area contributed by atoms with E-state index in [4.69, 9.17) is 0 Å². The van der Waals surface area contributed by atoms with E-state index in [2.05, 4.69) is 9.88 Å². The van der Waals surface area contributed by atoms with Gasteiger partial charge in [-0.1, -0.05) is 6.42 Å².